The summed E-state index contributed by atoms with van der Waals surface area (Å²) in [6.07, 6.45) is 8.11. The van der Waals surface area contributed by atoms with Crippen LogP contribution in [0.15, 0.2) is 39.7 Å². The number of rotatable bonds is 8. The second kappa shape index (κ2) is 10.2. The molecule has 1 saturated heterocycles. The summed E-state index contributed by atoms with van der Waals surface area (Å²) in [5, 5.41) is 9.55. The second-order valence-corrected chi connectivity index (χ2v) is 8.36. The first-order valence-corrected chi connectivity index (χ1v) is 11.6. The Morgan fingerprint density at radius 1 is 1.27 bits per heavy atom. The van der Waals surface area contributed by atoms with Crippen LogP contribution in [-0.2, 0) is 22.6 Å². The molecule has 0 bridgehead atoms. The van der Waals surface area contributed by atoms with Crippen molar-refractivity contribution in [3.8, 4) is 0 Å². The molecule has 30 heavy (non-hydrogen) atoms. The topological polar surface area (TPSA) is 76.6 Å². The number of carbonyl (C=O) groups is 1. The van der Waals surface area contributed by atoms with Crippen molar-refractivity contribution >= 4 is 23.6 Å². The van der Waals surface area contributed by atoms with E-state index < -0.39 is 0 Å². The van der Waals surface area contributed by atoms with Gasteiger partial charge >= 0.3 is 0 Å². The van der Waals surface area contributed by atoms with Crippen LogP contribution in [0.2, 0.25) is 0 Å². The van der Waals surface area contributed by atoms with Crippen LogP contribution in [0.1, 0.15) is 38.4 Å². The van der Waals surface area contributed by atoms with Crippen LogP contribution in [0, 0.1) is 0 Å². The average molecular weight is 432 g/mol. The maximum absolute atomic E-state index is 13.2. The van der Waals surface area contributed by atoms with Crippen molar-refractivity contribution in [3.05, 3.63) is 35.9 Å². The molecule has 1 fully saturated rings. The molecule has 8 nitrogen and oxygen atoms in total. The number of allylic oxidation sites excluding steroid dienone is 2. The van der Waals surface area contributed by atoms with Crippen LogP contribution in [0.25, 0.3) is 0 Å². The van der Waals surface area contributed by atoms with Gasteiger partial charge in [-0.3, -0.25) is 9.36 Å². The van der Waals surface area contributed by atoms with E-state index in [1.54, 1.807) is 6.26 Å². The van der Waals surface area contributed by atoms with Gasteiger partial charge in [0.1, 0.15) is 5.76 Å². The largest absolute Gasteiger partial charge is 0.467 e. The number of hydrogen-bond donors (Lipinski definition) is 0. The number of thioether (sulfide) groups is 1. The second-order valence-electron chi connectivity index (χ2n) is 7.42. The highest BCUT2D eigenvalue weighted by molar-refractivity contribution is 7.99. The number of amides is 1. The van der Waals surface area contributed by atoms with E-state index in [2.05, 4.69) is 32.7 Å². The molecule has 0 saturated carbocycles. The number of anilines is 1. The van der Waals surface area contributed by atoms with E-state index in [1.807, 2.05) is 17.0 Å². The molecular weight excluding hydrogens is 402 g/mol. The third-order valence-corrected chi connectivity index (χ3v) is 6.39. The molecular formula is C21H29N5O3S. The normalized spacial score (nSPS) is 17.1. The number of aromatic nitrogens is 3. The zero-order valence-electron chi connectivity index (χ0n) is 17.5. The highest BCUT2D eigenvalue weighted by Crippen LogP contribution is 2.27. The molecule has 162 valence electrons. The molecule has 4 rings (SSSR count). The zero-order valence-corrected chi connectivity index (χ0v) is 18.3. The molecule has 0 aromatic carbocycles. The van der Waals surface area contributed by atoms with Gasteiger partial charge < -0.3 is 19.0 Å². The molecule has 0 N–H and O–H groups in total. The standard InChI is InChI=1S/C21H29N5O3S/c1-2-25-20(24-10-13-28-14-11-24)22-23-21(25)30-16-19(27)26(15-18-9-6-12-29-18)17-7-4-3-5-8-17/h6-7,9,12H,2-5,8,10-11,13-16H2,1H3. The molecule has 0 unspecified atom stereocenters. The Bertz CT molecular complexity index is 858. The molecule has 0 radical (unpaired) electrons. The summed E-state index contributed by atoms with van der Waals surface area (Å²) >= 11 is 1.45. The third-order valence-electron chi connectivity index (χ3n) is 5.44. The summed E-state index contributed by atoms with van der Waals surface area (Å²) in [4.78, 5) is 17.3. The van der Waals surface area contributed by atoms with Crippen molar-refractivity contribution < 1.29 is 13.9 Å². The van der Waals surface area contributed by atoms with Crippen LogP contribution in [0.5, 0.6) is 0 Å². The van der Waals surface area contributed by atoms with Crippen molar-refractivity contribution in [2.45, 2.75) is 50.9 Å². The van der Waals surface area contributed by atoms with Crippen LogP contribution in [-0.4, -0.2) is 57.6 Å². The zero-order chi connectivity index (χ0) is 20.8. The fraction of sp³-hybridized carbons (Fsp3) is 0.571. The van der Waals surface area contributed by atoms with E-state index in [-0.39, 0.29) is 5.91 Å². The lowest BCUT2D eigenvalue weighted by Crippen LogP contribution is -2.38. The van der Waals surface area contributed by atoms with E-state index in [0.29, 0.717) is 25.5 Å². The summed E-state index contributed by atoms with van der Waals surface area (Å²) in [7, 11) is 0. The monoisotopic (exact) mass is 431 g/mol. The predicted octanol–water partition coefficient (Wildman–Crippen LogP) is 3.31. The van der Waals surface area contributed by atoms with Gasteiger partial charge in [-0.1, -0.05) is 17.8 Å². The quantitative estimate of drug-likeness (QED) is 0.594. The smallest absolute Gasteiger partial charge is 0.237 e. The molecule has 1 aliphatic carbocycles. The van der Waals surface area contributed by atoms with Gasteiger partial charge in [0.25, 0.3) is 0 Å². The average Bonchev–Trinajstić information content (AvgIpc) is 3.46. The first kappa shape index (κ1) is 21.0. The van der Waals surface area contributed by atoms with Gasteiger partial charge in [-0.2, -0.15) is 0 Å². The fourth-order valence-electron chi connectivity index (χ4n) is 3.84. The molecule has 2 aromatic rings. The highest BCUT2D eigenvalue weighted by atomic mass is 32.2. The van der Waals surface area contributed by atoms with Gasteiger partial charge in [0.05, 0.1) is 31.8 Å². The van der Waals surface area contributed by atoms with Gasteiger partial charge in [-0.05, 0) is 44.7 Å². The number of furan rings is 1. The Kier molecular flexibility index (Phi) is 7.11. The van der Waals surface area contributed by atoms with Gasteiger partial charge in [0.2, 0.25) is 11.9 Å². The Morgan fingerprint density at radius 2 is 2.13 bits per heavy atom. The van der Waals surface area contributed by atoms with Gasteiger partial charge in [-0.25, -0.2) is 0 Å². The molecule has 0 spiro atoms. The number of ether oxygens (including phenoxy) is 1. The molecule has 1 amide bonds. The van der Waals surface area contributed by atoms with Crippen LogP contribution < -0.4 is 4.90 Å². The van der Waals surface area contributed by atoms with Crippen LogP contribution in [0.3, 0.4) is 0 Å². The molecule has 1 aliphatic heterocycles. The summed E-state index contributed by atoms with van der Waals surface area (Å²) in [6, 6.07) is 3.78. The molecule has 0 atom stereocenters. The van der Waals surface area contributed by atoms with Gasteiger partial charge in [0.15, 0.2) is 5.16 Å². The Hall–Kier alpha value is -2.26. The Balaban J connectivity index is 1.45. The Labute approximate surface area is 181 Å². The minimum atomic E-state index is 0.0723. The molecule has 9 heteroatoms. The van der Waals surface area contributed by atoms with E-state index in [1.165, 1.54) is 18.2 Å². The van der Waals surface area contributed by atoms with Crippen molar-refractivity contribution in [1.29, 1.82) is 0 Å². The lowest BCUT2D eigenvalue weighted by Gasteiger charge is -2.28. The third kappa shape index (κ3) is 4.89. The summed E-state index contributed by atoms with van der Waals surface area (Å²) in [6.45, 7) is 6.34. The maximum atomic E-state index is 13.2. The maximum Gasteiger partial charge on any atom is 0.237 e. The fourth-order valence-corrected chi connectivity index (χ4v) is 4.71. The molecule has 2 aliphatic rings. The summed E-state index contributed by atoms with van der Waals surface area (Å²) in [5.41, 5.74) is 1.11. The minimum absolute atomic E-state index is 0.0723. The van der Waals surface area contributed by atoms with Crippen LogP contribution in [0.4, 0.5) is 5.95 Å². The van der Waals surface area contributed by atoms with E-state index in [0.717, 1.165) is 61.5 Å². The van der Waals surface area contributed by atoms with Gasteiger partial charge in [0, 0.05) is 25.3 Å². The van der Waals surface area contributed by atoms with Crippen molar-refractivity contribution in [2.24, 2.45) is 0 Å². The van der Waals surface area contributed by atoms with Gasteiger partial charge in [-0.15, -0.1) is 10.2 Å². The van der Waals surface area contributed by atoms with E-state index in [4.69, 9.17) is 9.15 Å². The van der Waals surface area contributed by atoms with Crippen molar-refractivity contribution in [2.75, 3.05) is 37.0 Å². The minimum Gasteiger partial charge on any atom is -0.467 e. The predicted molar refractivity (Wildman–Crippen MR) is 115 cm³/mol. The highest BCUT2D eigenvalue weighted by Gasteiger charge is 2.24. The van der Waals surface area contributed by atoms with Crippen molar-refractivity contribution in [3.63, 3.8) is 0 Å². The number of carbonyl (C=O) groups excluding carboxylic acids is 1. The summed E-state index contributed by atoms with van der Waals surface area (Å²) < 4.78 is 13.0. The lowest BCUT2D eigenvalue weighted by atomic mass is 10.0. The number of hydrogen-bond acceptors (Lipinski definition) is 7. The summed E-state index contributed by atoms with van der Waals surface area (Å²) in [5.74, 6) is 2.05. The lowest BCUT2D eigenvalue weighted by molar-refractivity contribution is -0.127. The number of nitrogens with zero attached hydrogens (tertiary/aromatic N) is 5. The van der Waals surface area contributed by atoms with Crippen LogP contribution >= 0.6 is 11.8 Å². The van der Waals surface area contributed by atoms with Crippen molar-refractivity contribution in [1.82, 2.24) is 19.7 Å². The van der Waals surface area contributed by atoms with E-state index >= 15 is 0 Å². The molecule has 2 aromatic heterocycles. The first-order chi connectivity index (χ1) is 14.8. The first-order valence-electron chi connectivity index (χ1n) is 10.7. The van der Waals surface area contributed by atoms with E-state index in [9.17, 15) is 4.79 Å². The SMILES string of the molecule is CCn1c(SCC(=O)N(Cc2ccco2)C2=CCCCC2)nnc1N1CCOCC1. The Morgan fingerprint density at radius 3 is 2.83 bits per heavy atom. The number of morpholine rings is 1. The molecule has 3 heterocycles.